The van der Waals surface area contributed by atoms with Crippen molar-refractivity contribution in [2.45, 2.75) is 17.9 Å². The van der Waals surface area contributed by atoms with E-state index in [1.807, 2.05) is 6.07 Å². The number of rotatable bonds is 1. The van der Waals surface area contributed by atoms with Crippen LogP contribution in [0.5, 0.6) is 0 Å². The average Bonchev–Trinajstić information content (AvgIpc) is 2.18. The van der Waals surface area contributed by atoms with Gasteiger partial charge in [-0.1, -0.05) is 17.7 Å². The summed E-state index contributed by atoms with van der Waals surface area (Å²) in [5.74, 6) is 0. The van der Waals surface area contributed by atoms with Crippen LogP contribution >= 0.6 is 23.4 Å². The van der Waals surface area contributed by atoms with E-state index in [9.17, 15) is 0 Å². The van der Waals surface area contributed by atoms with Gasteiger partial charge in [0.1, 0.15) is 0 Å². The zero-order valence-corrected chi connectivity index (χ0v) is 9.13. The first-order valence-corrected chi connectivity index (χ1v) is 5.98. The molecular weight excluding hydrogens is 202 g/mol. The van der Waals surface area contributed by atoms with Gasteiger partial charge in [-0.3, -0.25) is 0 Å². The van der Waals surface area contributed by atoms with Gasteiger partial charge in [-0.15, -0.1) is 11.8 Å². The summed E-state index contributed by atoms with van der Waals surface area (Å²) in [5, 5.41) is 4.26. The second-order valence-electron chi connectivity index (χ2n) is 3.15. The average molecular weight is 214 g/mol. The topological polar surface area (TPSA) is 12.0 Å². The van der Waals surface area contributed by atoms with Crippen LogP contribution in [0.2, 0.25) is 5.02 Å². The Balaban J connectivity index is 2.52. The smallest absolute Gasteiger partial charge is 0.0545 e. The minimum atomic E-state index is 0.884. The molecule has 2 rings (SSSR count). The minimum absolute atomic E-state index is 0.884. The maximum Gasteiger partial charge on any atom is 0.0545 e. The lowest BCUT2D eigenvalue weighted by atomic mass is 10.0. The first-order chi connectivity index (χ1) is 6.33. The Kier molecular flexibility index (Phi) is 2.82. The van der Waals surface area contributed by atoms with Gasteiger partial charge in [-0.25, -0.2) is 0 Å². The number of thioether (sulfide) groups is 1. The molecule has 0 fully saturated rings. The Bertz CT molecular complexity index is 325. The standard InChI is InChI=1S/C10H12ClNS/c1-13-10-8-6-12-5-4-7(8)2-3-9(10)11/h2-3,12H,4-6H2,1H3. The normalized spacial score (nSPS) is 15.5. The molecule has 1 aliphatic rings. The van der Waals surface area contributed by atoms with Crippen molar-refractivity contribution in [3.8, 4) is 0 Å². The van der Waals surface area contributed by atoms with E-state index >= 15 is 0 Å². The summed E-state index contributed by atoms with van der Waals surface area (Å²) in [6.45, 7) is 2.05. The third kappa shape index (κ3) is 1.71. The van der Waals surface area contributed by atoms with E-state index in [1.165, 1.54) is 16.0 Å². The Hall–Kier alpha value is -0.180. The fraction of sp³-hybridized carbons (Fsp3) is 0.400. The molecule has 0 saturated carbocycles. The minimum Gasteiger partial charge on any atom is -0.312 e. The first-order valence-electron chi connectivity index (χ1n) is 4.38. The second-order valence-corrected chi connectivity index (χ2v) is 4.37. The Morgan fingerprint density at radius 1 is 1.46 bits per heavy atom. The van der Waals surface area contributed by atoms with Crippen LogP contribution in [0, 0.1) is 0 Å². The first kappa shape index (κ1) is 9.38. The van der Waals surface area contributed by atoms with Crippen molar-refractivity contribution in [2.24, 2.45) is 0 Å². The van der Waals surface area contributed by atoms with Gasteiger partial charge in [0.15, 0.2) is 0 Å². The predicted molar refractivity (Wildman–Crippen MR) is 58.6 cm³/mol. The highest BCUT2D eigenvalue weighted by Crippen LogP contribution is 2.32. The van der Waals surface area contributed by atoms with Crippen LogP contribution in [0.25, 0.3) is 0 Å². The number of hydrogen-bond donors (Lipinski definition) is 1. The van der Waals surface area contributed by atoms with Crippen molar-refractivity contribution < 1.29 is 0 Å². The molecule has 1 N–H and O–H groups in total. The molecule has 3 heteroatoms. The lowest BCUT2D eigenvalue weighted by Crippen LogP contribution is -2.24. The number of nitrogens with one attached hydrogen (secondary N) is 1. The van der Waals surface area contributed by atoms with Crippen molar-refractivity contribution in [1.29, 1.82) is 0 Å². The quantitative estimate of drug-likeness (QED) is 0.720. The van der Waals surface area contributed by atoms with E-state index < -0.39 is 0 Å². The summed E-state index contributed by atoms with van der Waals surface area (Å²) >= 11 is 7.85. The van der Waals surface area contributed by atoms with Gasteiger partial charge in [0.05, 0.1) is 5.02 Å². The largest absolute Gasteiger partial charge is 0.312 e. The molecule has 1 aromatic rings. The molecule has 70 valence electrons. The fourth-order valence-electron chi connectivity index (χ4n) is 1.73. The van der Waals surface area contributed by atoms with Gasteiger partial charge in [0, 0.05) is 11.4 Å². The molecule has 1 aromatic carbocycles. The maximum atomic E-state index is 6.11. The summed E-state index contributed by atoms with van der Waals surface area (Å²) in [6.07, 6.45) is 3.20. The van der Waals surface area contributed by atoms with E-state index in [0.717, 1.165) is 24.5 Å². The zero-order chi connectivity index (χ0) is 9.26. The Morgan fingerprint density at radius 2 is 2.31 bits per heavy atom. The summed E-state index contributed by atoms with van der Waals surface area (Å²) in [4.78, 5) is 1.24. The van der Waals surface area contributed by atoms with E-state index in [0.29, 0.717) is 0 Å². The highest BCUT2D eigenvalue weighted by atomic mass is 35.5. The van der Waals surface area contributed by atoms with Crippen LogP contribution in [0.3, 0.4) is 0 Å². The van der Waals surface area contributed by atoms with Crippen LogP contribution in [0.4, 0.5) is 0 Å². The van der Waals surface area contributed by atoms with E-state index in [4.69, 9.17) is 11.6 Å². The highest BCUT2D eigenvalue weighted by Gasteiger charge is 2.14. The molecule has 0 atom stereocenters. The predicted octanol–water partition coefficient (Wildman–Crippen LogP) is 2.71. The van der Waals surface area contributed by atoms with Gasteiger partial charge in [-0.05, 0) is 36.4 Å². The van der Waals surface area contributed by atoms with Crippen LogP contribution in [-0.4, -0.2) is 12.8 Å². The van der Waals surface area contributed by atoms with E-state index in [2.05, 4.69) is 17.6 Å². The molecule has 0 amide bonds. The molecule has 0 unspecified atom stereocenters. The second kappa shape index (κ2) is 3.91. The Morgan fingerprint density at radius 3 is 3.08 bits per heavy atom. The third-order valence-electron chi connectivity index (χ3n) is 2.39. The van der Waals surface area contributed by atoms with Crippen LogP contribution < -0.4 is 5.32 Å². The monoisotopic (exact) mass is 213 g/mol. The number of halogens is 1. The zero-order valence-electron chi connectivity index (χ0n) is 7.56. The van der Waals surface area contributed by atoms with Gasteiger partial charge in [-0.2, -0.15) is 0 Å². The molecule has 0 radical (unpaired) electrons. The SMILES string of the molecule is CSc1c(Cl)ccc2c1CNCC2. The van der Waals surface area contributed by atoms with Crippen molar-refractivity contribution >= 4 is 23.4 Å². The summed E-state index contributed by atoms with van der Waals surface area (Å²) < 4.78 is 0. The van der Waals surface area contributed by atoms with E-state index in [-0.39, 0.29) is 0 Å². The Labute approximate surface area is 87.9 Å². The molecular formula is C10H12ClNS. The third-order valence-corrected chi connectivity index (χ3v) is 3.69. The van der Waals surface area contributed by atoms with Gasteiger partial charge in [0.25, 0.3) is 0 Å². The van der Waals surface area contributed by atoms with Gasteiger partial charge < -0.3 is 5.32 Å². The molecule has 0 bridgehead atoms. The van der Waals surface area contributed by atoms with Crippen molar-refractivity contribution in [2.75, 3.05) is 12.8 Å². The molecule has 1 nitrogen and oxygen atoms in total. The number of hydrogen-bond acceptors (Lipinski definition) is 2. The molecule has 0 saturated heterocycles. The van der Waals surface area contributed by atoms with Crippen molar-refractivity contribution in [3.05, 3.63) is 28.3 Å². The number of benzene rings is 1. The highest BCUT2D eigenvalue weighted by molar-refractivity contribution is 7.98. The summed E-state index contributed by atoms with van der Waals surface area (Å²) in [7, 11) is 0. The fourth-order valence-corrected chi connectivity index (χ4v) is 2.85. The molecule has 0 aliphatic carbocycles. The summed E-state index contributed by atoms with van der Waals surface area (Å²) in [6, 6.07) is 4.16. The summed E-state index contributed by atoms with van der Waals surface area (Å²) in [5.41, 5.74) is 2.85. The van der Waals surface area contributed by atoms with Gasteiger partial charge in [0.2, 0.25) is 0 Å². The van der Waals surface area contributed by atoms with Gasteiger partial charge >= 0.3 is 0 Å². The molecule has 13 heavy (non-hydrogen) atoms. The maximum absolute atomic E-state index is 6.11. The van der Waals surface area contributed by atoms with Crippen molar-refractivity contribution in [1.82, 2.24) is 5.32 Å². The van der Waals surface area contributed by atoms with E-state index in [1.54, 1.807) is 11.8 Å². The van der Waals surface area contributed by atoms with Crippen LogP contribution in [0.15, 0.2) is 17.0 Å². The van der Waals surface area contributed by atoms with Crippen LogP contribution in [-0.2, 0) is 13.0 Å². The lowest BCUT2D eigenvalue weighted by Gasteiger charge is -2.20. The lowest BCUT2D eigenvalue weighted by molar-refractivity contribution is 0.634. The van der Waals surface area contributed by atoms with Crippen LogP contribution in [0.1, 0.15) is 11.1 Å². The molecule has 0 aromatic heterocycles. The van der Waals surface area contributed by atoms with Crippen molar-refractivity contribution in [3.63, 3.8) is 0 Å². The number of fused-ring (bicyclic) bond motifs is 1. The molecule has 1 heterocycles. The molecule has 1 aliphatic heterocycles. The molecule has 0 spiro atoms.